The van der Waals surface area contributed by atoms with Crippen LogP contribution in [0.4, 0.5) is 0 Å². The first-order chi connectivity index (χ1) is 11.1. The van der Waals surface area contributed by atoms with E-state index in [2.05, 4.69) is 10.3 Å². The number of carbonyl (C=O) groups is 1. The molecule has 6 heteroatoms. The molecule has 0 bridgehead atoms. The molecule has 122 valence electrons. The summed E-state index contributed by atoms with van der Waals surface area (Å²) in [5.41, 5.74) is 0.586. The van der Waals surface area contributed by atoms with Crippen molar-refractivity contribution in [2.45, 2.75) is 49.1 Å². The number of fused-ring (bicyclic) bond motifs is 1. The summed E-state index contributed by atoms with van der Waals surface area (Å²) in [5.74, 6) is 0.0179. The van der Waals surface area contributed by atoms with Gasteiger partial charge in [0.15, 0.2) is 5.16 Å². The first-order valence-electron chi connectivity index (χ1n) is 7.99. The van der Waals surface area contributed by atoms with Gasteiger partial charge in [0.05, 0.1) is 16.2 Å². The van der Waals surface area contributed by atoms with Crippen LogP contribution in [0.15, 0.2) is 34.2 Å². The lowest BCUT2D eigenvalue weighted by Crippen LogP contribution is -2.38. The number of hydrogen-bond donors (Lipinski definition) is 1. The number of hydrogen-bond acceptors (Lipinski definition) is 4. The van der Waals surface area contributed by atoms with Gasteiger partial charge in [0.25, 0.3) is 5.56 Å². The number of benzene rings is 1. The number of carbonyl (C=O) groups excluding carboxylic acids is 1. The number of para-hydroxylation sites is 1. The number of rotatable bonds is 4. The van der Waals surface area contributed by atoms with E-state index in [4.69, 9.17) is 0 Å². The zero-order valence-corrected chi connectivity index (χ0v) is 14.2. The largest absolute Gasteiger partial charge is 0.352 e. The Bertz CT molecular complexity index is 781. The predicted molar refractivity (Wildman–Crippen MR) is 92.7 cm³/mol. The van der Waals surface area contributed by atoms with Crippen molar-refractivity contribution in [2.75, 3.05) is 0 Å². The Morgan fingerprint density at radius 1 is 1.35 bits per heavy atom. The molecule has 1 saturated carbocycles. The molecule has 5 nitrogen and oxygen atoms in total. The van der Waals surface area contributed by atoms with Crippen molar-refractivity contribution in [1.82, 2.24) is 14.9 Å². The van der Waals surface area contributed by atoms with Gasteiger partial charge in [0, 0.05) is 13.1 Å². The number of nitrogens with one attached hydrogen (secondary N) is 1. The Morgan fingerprint density at radius 3 is 2.78 bits per heavy atom. The fourth-order valence-electron chi connectivity index (χ4n) is 2.90. The molecule has 0 aliphatic heterocycles. The van der Waals surface area contributed by atoms with Gasteiger partial charge in [-0.05, 0) is 31.9 Å². The summed E-state index contributed by atoms with van der Waals surface area (Å²) in [6.45, 7) is 1.86. The van der Waals surface area contributed by atoms with Crippen molar-refractivity contribution in [3.8, 4) is 0 Å². The van der Waals surface area contributed by atoms with Crippen LogP contribution in [0.25, 0.3) is 10.9 Å². The second-order valence-corrected chi connectivity index (χ2v) is 7.33. The van der Waals surface area contributed by atoms with Crippen LogP contribution in [0.2, 0.25) is 0 Å². The van der Waals surface area contributed by atoms with E-state index in [9.17, 15) is 9.59 Å². The molecule has 23 heavy (non-hydrogen) atoms. The summed E-state index contributed by atoms with van der Waals surface area (Å²) in [5, 5.41) is 3.98. The predicted octanol–water partition coefficient (Wildman–Crippen LogP) is 2.47. The van der Waals surface area contributed by atoms with Crippen LogP contribution in [0.3, 0.4) is 0 Å². The van der Waals surface area contributed by atoms with Gasteiger partial charge in [-0.15, -0.1) is 0 Å². The first kappa shape index (κ1) is 16.1. The maximum absolute atomic E-state index is 12.4. The van der Waals surface area contributed by atoms with Crippen molar-refractivity contribution in [1.29, 1.82) is 0 Å². The lowest BCUT2D eigenvalue weighted by atomic mass is 10.2. The SMILES string of the molecule is C[C@@H](Sc1nc2ccccc2c(=O)n1C)C(=O)NC1CCCC1. The van der Waals surface area contributed by atoms with Gasteiger partial charge >= 0.3 is 0 Å². The summed E-state index contributed by atoms with van der Waals surface area (Å²) in [6, 6.07) is 7.59. The van der Waals surface area contributed by atoms with Gasteiger partial charge in [-0.2, -0.15) is 0 Å². The summed E-state index contributed by atoms with van der Waals surface area (Å²) in [6.07, 6.45) is 4.51. The van der Waals surface area contributed by atoms with E-state index in [1.54, 1.807) is 13.1 Å². The van der Waals surface area contributed by atoms with Crippen molar-refractivity contribution in [3.63, 3.8) is 0 Å². The van der Waals surface area contributed by atoms with E-state index in [1.807, 2.05) is 25.1 Å². The minimum Gasteiger partial charge on any atom is -0.352 e. The third-order valence-electron chi connectivity index (χ3n) is 4.30. The van der Waals surface area contributed by atoms with Gasteiger partial charge in [0.1, 0.15) is 0 Å². The average molecular weight is 331 g/mol. The lowest BCUT2D eigenvalue weighted by molar-refractivity contribution is -0.120. The van der Waals surface area contributed by atoms with Crippen LogP contribution in [0, 0.1) is 0 Å². The Labute approximate surface area is 139 Å². The second-order valence-electron chi connectivity index (χ2n) is 6.03. The molecule has 0 spiro atoms. The van der Waals surface area contributed by atoms with Crippen molar-refractivity contribution in [3.05, 3.63) is 34.6 Å². The Hall–Kier alpha value is -1.82. The monoisotopic (exact) mass is 331 g/mol. The van der Waals surface area contributed by atoms with Crippen molar-refractivity contribution in [2.24, 2.45) is 7.05 Å². The van der Waals surface area contributed by atoms with E-state index in [0.717, 1.165) is 12.8 Å². The minimum absolute atomic E-state index is 0.0179. The number of thioether (sulfide) groups is 1. The fourth-order valence-corrected chi connectivity index (χ4v) is 3.79. The third kappa shape index (κ3) is 3.42. The Balaban J connectivity index is 1.79. The second kappa shape index (κ2) is 6.74. The first-order valence-corrected chi connectivity index (χ1v) is 8.87. The number of aromatic nitrogens is 2. The Kier molecular flexibility index (Phi) is 4.71. The molecule has 1 aliphatic rings. The van der Waals surface area contributed by atoms with E-state index in [-0.39, 0.29) is 16.7 Å². The van der Waals surface area contributed by atoms with Crippen LogP contribution >= 0.6 is 11.8 Å². The van der Waals surface area contributed by atoms with Crippen LogP contribution in [-0.2, 0) is 11.8 Å². The third-order valence-corrected chi connectivity index (χ3v) is 5.44. The van der Waals surface area contributed by atoms with Gasteiger partial charge in [-0.3, -0.25) is 14.2 Å². The topological polar surface area (TPSA) is 64.0 Å². The zero-order valence-electron chi connectivity index (χ0n) is 13.4. The van der Waals surface area contributed by atoms with E-state index in [1.165, 1.54) is 29.2 Å². The van der Waals surface area contributed by atoms with Crippen LogP contribution in [-0.4, -0.2) is 26.8 Å². The molecule has 1 N–H and O–H groups in total. The molecule has 1 heterocycles. The summed E-state index contributed by atoms with van der Waals surface area (Å²) in [4.78, 5) is 29.2. The molecular weight excluding hydrogens is 310 g/mol. The Morgan fingerprint density at radius 2 is 2.04 bits per heavy atom. The van der Waals surface area contributed by atoms with Crippen molar-refractivity contribution >= 4 is 28.6 Å². The summed E-state index contributed by atoms with van der Waals surface area (Å²) < 4.78 is 1.52. The van der Waals surface area contributed by atoms with Crippen LogP contribution in [0.5, 0.6) is 0 Å². The normalized spacial score (nSPS) is 16.6. The molecule has 2 aromatic rings. The molecule has 1 atom stereocenters. The maximum atomic E-state index is 12.4. The van der Waals surface area contributed by atoms with Gasteiger partial charge in [-0.1, -0.05) is 36.7 Å². The molecule has 1 aliphatic carbocycles. The van der Waals surface area contributed by atoms with E-state index in [0.29, 0.717) is 22.1 Å². The lowest BCUT2D eigenvalue weighted by Gasteiger charge is -2.17. The van der Waals surface area contributed by atoms with E-state index >= 15 is 0 Å². The minimum atomic E-state index is -0.283. The molecule has 1 fully saturated rings. The highest BCUT2D eigenvalue weighted by molar-refractivity contribution is 8.00. The van der Waals surface area contributed by atoms with E-state index < -0.39 is 0 Å². The molecular formula is C17H21N3O2S. The molecule has 0 radical (unpaired) electrons. The van der Waals surface area contributed by atoms with Gasteiger partial charge in [0.2, 0.25) is 5.91 Å². The maximum Gasteiger partial charge on any atom is 0.261 e. The zero-order chi connectivity index (χ0) is 16.4. The summed E-state index contributed by atoms with van der Waals surface area (Å²) >= 11 is 1.33. The smallest absolute Gasteiger partial charge is 0.261 e. The molecule has 0 unspecified atom stereocenters. The quantitative estimate of drug-likeness (QED) is 0.690. The standard InChI is InChI=1S/C17H21N3O2S/c1-11(15(21)18-12-7-3-4-8-12)23-17-19-14-10-6-5-9-13(14)16(22)20(17)2/h5-6,9-12H,3-4,7-8H2,1-2H3,(H,18,21)/t11-/m1/s1. The highest BCUT2D eigenvalue weighted by Crippen LogP contribution is 2.23. The highest BCUT2D eigenvalue weighted by atomic mass is 32.2. The molecule has 1 amide bonds. The molecule has 1 aromatic carbocycles. The fraction of sp³-hybridized carbons (Fsp3) is 0.471. The molecule has 0 saturated heterocycles. The molecule has 3 rings (SSSR count). The van der Waals surface area contributed by atoms with Gasteiger partial charge in [-0.25, -0.2) is 4.98 Å². The van der Waals surface area contributed by atoms with Gasteiger partial charge < -0.3 is 5.32 Å². The highest BCUT2D eigenvalue weighted by Gasteiger charge is 2.22. The summed E-state index contributed by atoms with van der Waals surface area (Å²) in [7, 11) is 1.70. The number of nitrogens with zero attached hydrogens (tertiary/aromatic N) is 2. The van der Waals surface area contributed by atoms with Crippen LogP contribution in [0.1, 0.15) is 32.6 Å². The van der Waals surface area contributed by atoms with Crippen LogP contribution < -0.4 is 10.9 Å². The molecule has 1 aromatic heterocycles. The number of amides is 1. The van der Waals surface area contributed by atoms with Crippen molar-refractivity contribution < 1.29 is 4.79 Å². The average Bonchev–Trinajstić information content (AvgIpc) is 3.05.